The molecule has 0 aliphatic carbocycles. The molecule has 1 heterocycles. The Bertz CT molecular complexity index is 870. The second-order valence-corrected chi connectivity index (χ2v) is 7.41. The molecule has 0 radical (unpaired) electrons. The minimum absolute atomic E-state index is 0.115. The summed E-state index contributed by atoms with van der Waals surface area (Å²) >= 11 is 7.20. The molecular formula is C18H15ClN2O4S. The number of rotatable bonds is 4. The van der Waals surface area contributed by atoms with Gasteiger partial charge < -0.3 is 15.4 Å². The van der Waals surface area contributed by atoms with Crippen molar-refractivity contribution in [2.75, 3.05) is 17.2 Å². The lowest BCUT2D eigenvalue weighted by atomic mass is 10.2. The van der Waals surface area contributed by atoms with Crippen LogP contribution in [-0.2, 0) is 14.3 Å². The summed E-state index contributed by atoms with van der Waals surface area (Å²) < 4.78 is 5.03. The molecule has 8 heteroatoms. The highest BCUT2D eigenvalue weighted by atomic mass is 35.5. The van der Waals surface area contributed by atoms with Crippen LogP contribution in [0, 0.1) is 0 Å². The van der Waals surface area contributed by atoms with E-state index in [1.165, 1.54) is 11.8 Å². The average Bonchev–Trinajstić information content (AvgIpc) is 2.62. The molecule has 0 aromatic heterocycles. The van der Waals surface area contributed by atoms with E-state index in [4.69, 9.17) is 16.3 Å². The highest BCUT2D eigenvalue weighted by molar-refractivity contribution is 8.00. The van der Waals surface area contributed by atoms with Crippen molar-refractivity contribution in [3.63, 3.8) is 0 Å². The molecule has 3 rings (SSSR count). The van der Waals surface area contributed by atoms with Crippen LogP contribution in [0.1, 0.15) is 17.3 Å². The first-order valence-corrected chi connectivity index (χ1v) is 9.02. The fourth-order valence-electron chi connectivity index (χ4n) is 2.28. The molecule has 1 aliphatic rings. The maximum Gasteiger partial charge on any atom is 0.338 e. The second kappa shape index (κ2) is 7.80. The molecule has 134 valence electrons. The molecule has 26 heavy (non-hydrogen) atoms. The van der Waals surface area contributed by atoms with Gasteiger partial charge in [-0.3, -0.25) is 9.59 Å². The maximum absolute atomic E-state index is 12.1. The van der Waals surface area contributed by atoms with E-state index in [9.17, 15) is 14.4 Å². The number of hydrogen-bond donors (Lipinski definition) is 2. The number of halogens is 1. The van der Waals surface area contributed by atoms with Gasteiger partial charge in [-0.05, 0) is 49.4 Å². The highest BCUT2D eigenvalue weighted by Crippen LogP contribution is 2.36. The van der Waals surface area contributed by atoms with Crippen LogP contribution in [0.2, 0.25) is 5.02 Å². The van der Waals surface area contributed by atoms with Gasteiger partial charge in [0, 0.05) is 15.6 Å². The van der Waals surface area contributed by atoms with Crippen LogP contribution < -0.4 is 10.6 Å². The number of carbonyl (C=O) groups is 3. The van der Waals surface area contributed by atoms with Crippen molar-refractivity contribution < 1.29 is 19.1 Å². The van der Waals surface area contributed by atoms with E-state index in [-0.39, 0.29) is 16.7 Å². The normalized spacial score (nSPS) is 15.6. The van der Waals surface area contributed by atoms with Crippen molar-refractivity contribution in [1.29, 1.82) is 0 Å². The van der Waals surface area contributed by atoms with E-state index in [1.807, 2.05) is 6.92 Å². The van der Waals surface area contributed by atoms with Gasteiger partial charge in [-0.2, -0.15) is 0 Å². The third kappa shape index (κ3) is 4.36. The lowest BCUT2D eigenvalue weighted by Gasteiger charge is -2.21. The average molecular weight is 391 g/mol. The Morgan fingerprint density at radius 2 is 1.96 bits per heavy atom. The van der Waals surface area contributed by atoms with Crippen LogP contribution >= 0.6 is 23.4 Å². The van der Waals surface area contributed by atoms with Crippen LogP contribution in [0.25, 0.3) is 0 Å². The summed E-state index contributed by atoms with van der Waals surface area (Å²) in [6, 6.07) is 11.5. The molecule has 0 spiro atoms. The lowest BCUT2D eigenvalue weighted by Crippen LogP contribution is -2.26. The lowest BCUT2D eigenvalue weighted by molar-refractivity contribution is -0.119. The van der Waals surface area contributed by atoms with E-state index in [0.29, 0.717) is 16.4 Å². The van der Waals surface area contributed by atoms with E-state index >= 15 is 0 Å². The van der Waals surface area contributed by atoms with Gasteiger partial charge in [-0.15, -0.1) is 11.8 Å². The summed E-state index contributed by atoms with van der Waals surface area (Å²) in [6.45, 7) is 1.39. The van der Waals surface area contributed by atoms with Crippen molar-refractivity contribution in [3.05, 3.63) is 53.1 Å². The molecule has 0 saturated carbocycles. The number of fused-ring (bicyclic) bond motifs is 1. The predicted molar refractivity (Wildman–Crippen MR) is 101 cm³/mol. The molecule has 1 aliphatic heterocycles. The first kappa shape index (κ1) is 18.3. The zero-order valence-corrected chi connectivity index (χ0v) is 15.3. The summed E-state index contributed by atoms with van der Waals surface area (Å²) in [4.78, 5) is 36.6. The molecular weight excluding hydrogens is 376 g/mol. The molecule has 2 aromatic rings. The molecule has 1 atom stereocenters. The number of amides is 2. The van der Waals surface area contributed by atoms with Crippen molar-refractivity contribution in [2.45, 2.75) is 17.1 Å². The van der Waals surface area contributed by atoms with Crippen molar-refractivity contribution in [1.82, 2.24) is 0 Å². The smallest absolute Gasteiger partial charge is 0.338 e. The van der Waals surface area contributed by atoms with Gasteiger partial charge in [0.15, 0.2) is 6.61 Å². The molecule has 0 fully saturated rings. The Kier molecular flexibility index (Phi) is 5.49. The quantitative estimate of drug-likeness (QED) is 0.779. The third-order valence-corrected chi connectivity index (χ3v) is 5.04. The van der Waals surface area contributed by atoms with Crippen LogP contribution in [0.4, 0.5) is 11.4 Å². The highest BCUT2D eigenvalue weighted by Gasteiger charge is 2.24. The van der Waals surface area contributed by atoms with Crippen LogP contribution in [-0.4, -0.2) is 29.6 Å². The Morgan fingerprint density at radius 1 is 1.23 bits per heavy atom. The largest absolute Gasteiger partial charge is 0.452 e. The first-order valence-electron chi connectivity index (χ1n) is 7.76. The zero-order chi connectivity index (χ0) is 18.7. The Morgan fingerprint density at radius 3 is 2.69 bits per heavy atom. The standard InChI is InChI=1S/C18H15ClN2O4S/c1-10-17(23)21-14-8-11(2-7-15(14)26-10)18(24)25-9-16(22)20-13-5-3-12(19)4-6-13/h2-8,10H,9H2,1H3,(H,20,22)(H,21,23). The van der Waals surface area contributed by atoms with E-state index in [2.05, 4.69) is 10.6 Å². The zero-order valence-electron chi connectivity index (χ0n) is 13.7. The number of hydrogen-bond acceptors (Lipinski definition) is 5. The van der Waals surface area contributed by atoms with Crippen LogP contribution in [0.3, 0.4) is 0 Å². The van der Waals surface area contributed by atoms with Gasteiger partial charge in [-0.1, -0.05) is 11.6 Å². The molecule has 2 amide bonds. The fourth-order valence-corrected chi connectivity index (χ4v) is 3.34. The summed E-state index contributed by atoms with van der Waals surface area (Å²) in [5.41, 5.74) is 1.38. The molecule has 0 saturated heterocycles. The minimum atomic E-state index is -0.642. The second-order valence-electron chi connectivity index (χ2n) is 5.59. The topological polar surface area (TPSA) is 84.5 Å². The van der Waals surface area contributed by atoms with Crippen molar-refractivity contribution in [3.8, 4) is 0 Å². The van der Waals surface area contributed by atoms with Crippen LogP contribution in [0.5, 0.6) is 0 Å². The number of benzene rings is 2. The van der Waals surface area contributed by atoms with Crippen LogP contribution in [0.15, 0.2) is 47.4 Å². The number of ether oxygens (including phenoxy) is 1. The summed E-state index contributed by atoms with van der Waals surface area (Å²) in [5, 5.41) is 5.72. The van der Waals surface area contributed by atoms with Gasteiger partial charge in [0.2, 0.25) is 5.91 Å². The monoisotopic (exact) mass is 390 g/mol. The number of esters is 1. The minimum Gasteiger partial charge on any atom is -0.452 e. The van der Waals surface area contributed by atoms with Gasteiger partial charge in [0.1, 0.15) is 0 Å². The van der Waals surface area contributed by atoms with Gasteiger partial charge in [-0.25, -0.2) is 4.79 Å². The van der Waals surface area contributed by atoms with Crippen molar-refractivity contribution >= 4 is 52.5 Å². The molecule has 6 nitrogen and oxygen atoms in total. The van der Waals surface area contributed by atoms with E-state index in [1.54, 1.807) is 42.5 Å². The Labute approximate surface area is 159 Å². The summed E-state index contributed by atoms with van der Waals surface area (Å²) in [6.07, 6.45) is 0. The number of anilines is 2. The Hall–Kier alpha value is -2.51. The third-order valence-electron chi connectivity index (χ3n) is 3.61. The molecule has 1 unspecified atom stereocenters. The van der Waals surface area contributed by atoms with E-state index < -0.39 is 18.5 Å². The maximum atomic E-state index is 12.1. The van der Waals surface area contributed by atoms with E-state index in [0.717, 1.165) is 4.90 Å². The number of thioether (sulfide) groups is 1. The Balaban J connectivity index is 1.58. The number of nitrogens with one attached hydrogen (secondary N) is 2. The molecule has 2 N–H and O–H groups in total. The van der Waals surface area contributed by atoms with Gasteiger partial charge in [0.05, 0.1) is 16.5 Å². The summed E-state index contributed by atoms with van der Waals surface area (Å²) in [7, 11) is 0. The fraction of sp³-hybridized carbons (Fsp3) is 0.167. The predicted octanol–water partition coefficient (Wildman–Crippen LogP) is 3.57. The first-order chi connectivity index (χ1) is 12.4. The summed E-state index contributed by atoms with van der Waals surface area (Å²) in [5.74, 6) is -1.22. The van der Waals surface area contributed by atoms with Gasteiger partial charge in [0.25, 0.3) is 5.91 Å². The SMILES string of the molecule is CC1Sc2ccc(C(=O)OCC(=O)Nc3ccc(Cl)cc3)cc2NC1=O. The van der Waals surface area contributed by atoms with Crippen molar-refractivity contribution in [2.24, 2.45) is 0 Å². The molecule has 2 aromatic carbocycles. The number of carbonyl (C=O) groups excluding carboxylic acids is 3. The molecule has 0 bridgehead atoms. The van der Waals surface area contributed by atoms with Gasteiger partial charge >= 0.3 is 5.97 Å².